The first-order valence-electron chi connectivity index (χ1n) is 9.76. The quantitative estimate of drug-likeness (QED) is 0.604. The molecule has 0 spiro atoms. The van der Waals surface area contributed by atoms with E-state index >= 15 is 0 Å². The highest BCUT2D eigenvalue weighted by Crippen LogP contribution is 2.46. The maximum absolute atomic E-state index is 12.4. The van der Waals surface area contributed by atoms with Crippen LogP contribution in [0, 0.1) is 24.2 Å². The Hall–Kier alpha value is -2.65. The fraction of sp³-hybridized carbons (Fsp3) is 0.500. The van der Waals surface area contributed by atoms with E-state index in [0.29, 0.717) is 30.8 Å². The number of nitriles is 1. The predicted molar refractivity (Wildman–Crippen MR) is 105 cm³/mol. The highest BCUT2D eigenvalue weighted by Gasteiger charge is 2.46. The van der Waals surface area contributed by atoms with Crippen LogP contribution in [-0.2, 0) is 26.3 Å². The zero-order chi connectivity index (χ0) is 20.5. The van der Waals surface area contributed by atoms with Crippen molar-refractivity contribution in [2.45, 2.75) is 52.6 Å². The number of carbonyl (C=O) groups excluding carboxylic acids is 2. The summed E-state index contributed by atoms with van der Waals surface area (Å²) in [6.07, 6.45) is 2.34. The number of aromatic nitrogens is 1. The van der Waals surface area contributed by atoms with Crippen molar-refractivity contribution in [2.24, 2.45) is 5.92 Å². The van der Waals surface area contributed by atoms with Gasteiger partial charge in [0.05, 0.1) is 42.5 Å². The molecule has 0 radical (unpaired) electrons. The highest BCUT2D eigenvalue weighted by atomic mass is 16.5. The average molecular weight is 382 g/mol. The highest BCUT2D eigenvalue weighted by molar-refractivity contribution is 5.98. The van der Waals surface area contributed by atoms with Crippen molar-refractivity contribution in [1.82, 2.24) is 4.98 Å². The number of fused-ring (bicyclic) bond motifs is 3. The van der Waals surface area contributed by atoms with E-state index in [4.69, 9.17) is 9.47 Å². The number of esters is 1. The first-order chi connectivity index (χ1) is 13.4. The second-order valence-electron chi connectivity index (χ2n) is 7.38. The largest absolute Gasteiger partial charge is 0.466 e. The zero-order valence-corrected chi connectivity index (χ0v) is 16.8. The van der Waals surface area contributed by atoms with Crippen molar-refractivity contribution in [3.63, 3.8) is 0 Å². The maximum Gasteiger partial charge on any atom is 0.309 e. The molecule has 148 valence electrons. The number of nitrogens with zero attached hydrogens (tertiary/aromatic N) is 1. The Balaban J connectivity index is 2.31. The number of aldehydes is 1. The van der Waals surface area contributed by atoms with Crippen LogP contribution in [0.5, 0.6) is 0 Å². The summed E-state index contributed by atoms with van der Waals surface area (Å²) in [4.78, 5) is 27.4. The minimum atomic E-state index is -0.839. The van der Waals surface area contributed by atoms with E-state index in [1.807, 2.05) is 6.92 Å². The van der Waals surface area contributed by atoms with Crippen LogP contribution in [0.25, 0.3) is 10.9 Å². The number of hydrogen-bond donors (Lipinski definition) is 1. The van der Waals surface area contributed by atoms with Crippen molar-refractivity contribution in [3.8, 4) is 6.07 Å². The molecule has 1 aliphatic rings. The van der Waals surface area contributed by atoms with Crippen molar-refractivity contribution in [2.75, 3.05) is 13.2 Å². The van der Waals surface area contributed by atoms with E-state index in [0.717, 1.165) is 40.4 Å². The number of carbonyl (C=O) groups is 2. The maximum atomic E-state index is 12.4. The summed E-state index contributed by atoms with van der Waals surface area (Å²) in [7, 11) is 0. The van der Waals surface area contributed by atoms with Crippen LogP contribution in [0.1, 0.15) is 66.4 Å². The van der Waals surface area contributed by atoms with E-state index in [-0.39, 0.29) is 18.3 Å². The summed E-state index contributed by atoms with van der Waals surface area (Å²) in [6, 6.07) is 3.87. The molecule has 0 aliphatic carbocycles. The Bertz CT molecular complexity index is 969. The molecule has 2 unspecified atom stereocenters. The van der Waals surface area contributed by atoms with Gasteiger partial charge in [-0.05, 0) is 43.4 Å². The van der Waals surface area contributed by atoms with Gasteiger partial charge in [-0.3, -0.25) is 9.59 Å². The SMILES string of the molecule is CCOC(=O)CC1(C(C)CC)OCCc2c1[nH]c1c(C)c(C=O)cc(C#N)c21. The molecule has 6 heteroatoms. The van der Waals surface area contributed by atoms with Gasteiger partial charge >= 0.3 is 5.97 Å². The van der Waals surface area contributed by atoms with Gasteiger partial charge in [0.2, 0.25) is 0 Å². The summed E-state index contributed by atoms with van der Waals surface area (Å²) in [5, 5.41) is 10.5. The van der Waals surface area contributed by atoms with Gasteiger partial charge in [0.15, 0.2) is 0 Å². The van der Waals surface area contributed by atoms with Gasteiger partial charge in [-0.25, -0.2) is 0 Å². The molecule has 1 aromatic carbocycles. The van der Waals surface area contributed by atoms with E-state index in [1.54, 1.807) is 13.0 Å². The predicted octanol–water partition coefficient (Wildman–Crippen LogP) is 3.93. The van der Waals surface area contributed by atoms with E-state index < -0.39 is 5.60 Å². The molecule has 1 N–H and O–H groups in total. The molecule has 6 nitrogen and oxygen atoms in total. The number of H-pyrrole nitrogens is 1. The van der Waals surface area contributed by atoms with Crippen molar-refractivity contribution >= 4 is 23.2 Å². The molecule has 1 aromatic heterocycles. The molecule has 3 rings (SSSR count). The Morgan fingerprint density at radius 1 is 1.50 bits per heavy atom. The van der Waals surface area contributed by atoms with Gasteiger partial charge in [-0.15, -0.1) is 0 Å². The molecule has 2 aromatic rings. The summed E-state index contributed by atoms with van der Waals surface area (Å²) < 4.78 is 11.5. The molecule has 0 fully saturated rings. The third-order valence-corrected chi connectivity index (χ3v) is 5.98. The molecule has 2 heterocycles. The molecular formula is C22H26N2O4. The summed E-state index contributed by atoms with van der Waals surface area (Å²) >= 11 is 0. The number of ether oxygens (including phenoxy) is 2. The van der Waals surface area contributed by atoms with Gasteiger partial charge in [0.1, 0.15) is 11.9 Å². The van der Waals surface area contributed by atoms with Crippen molar-refractivity contribution in [1.29, 1.82) is 5.26 Å². The lowest BCUT2D eigenvalue weighted by Crippen LogP contribution is -2.43. The smallest absolute Gasteiger partial charge is 0.309 e. The van der Waals surface area contributed by atoms with Gasteiger partial charge in [0.25, 0.3) is 0 Å². The standard InChI is InChI=1S/C22H26N2O4/c1-5-13(3)22(10-18(26)27-6-2)21-17(7-8-28-22)19-15(11-23)9-16(12-25)14(4)20(19)24-21/h9,12-13,24H,5-8,10H2,1-4H3. The number of nitrogens with one attached hydrogen (secondary N) is 1. The number of benzene rings is 1. The van der Waals surface area contributed by atoms with Gasteiger partial charge < -0.3 is 14.5 Å². The third-order valence-electron chi connectivity index (χ3n) is 5.98. The van der Waals surface area contributed by atoms with Crippen LogP contribution < -0.4 is 0 Å². The molecule has 1 aliphatic heterocycles. The average Bonchev–Trinajstić information content (AvgIpc) is 3.09. The molecule has 0 saturated heterocycles. The third kappa shape index (κ3) is 3.00. The molecule has 2 atom stereocenters. The monoisotopic (exact) mass is 382 g/mol. The summed E-state index contributed by atoms with van der Waals surface area (Å²) in [5.74, 6) is -0.250. The van der Waals surface area contributed by atoms with Crippen LogP contribution in [0.4, 0.5) is 0 Å². The Labute approximate surface area is 164 Å². The first kappa shape index (κ1) is 20.1. The Morgan fingerprint density at radius 3 is 2.86 bits per heavy atom. The lowest BCUT2D eigenvalue weighted by Gasteiger charge is -2.41. The minimum Gasteiger partial charge on any atom is -0.466 e. The van der Waals surface area contributed by atoms with Gasteiger partial charge in [-0.1, -0.05) is 20.3 Å². The van der Waals surface area contributed by atoms with Crippen LogP contribution >= 0.6 is 0 Å². The topological polar surface area (TPSA) is 92.2 Å². The lowest BCUT2D eigenvalue weighted by atomic mass is 9.77. The van der Waals surface area contributed by atoms with Crippen molar-refractivity contribution < 1.29 is 19.1 Å². The second kappa shape index (κ2) is 7.76. The summed E-state index contributed by atoms with van der Waals surface area (Å²) in [5.41, 5.74) is 3.52. The van der Waals surface area contributed by atoms with Crippen LogP contribution in [0.2, 0.25) is 0 Å². The van der Waals surface area contributed by atoms with E-state index in [2.05, 4.69) is 24.9 Å². The van der Waals surface area contributed by atoms with E-state index in [9.17, 15) is 14.9 Å². The lowest BCUT2D eigenvalue weighted by molar-refractivity contribution is -0.160. The Morgan fingerprint density at radius 2 is 2.25 bits per heavy atom. The fourth-order valence-corrected chi connectivity index (χ4v) is 4.29. The van der Waals surface area contributed by atoms with Crippen LogP contribution in [0.15, 0.2) is 6.07 Å². The zero-order valence-electron chi connectivity index (χ0n) is 16.8. The van der Waals surface area contributed by atoms with Gasteiger partial charge in [0, 0.05) is 10.9 Å². The normalized spacial score (nSPS) is 19.7. The number of aryl methyl sites for hydroxylation is 1. The fourth-order valence-electron chi connectivity index (χ4n) is 4.29. The molecule has 28 heavy (non-hydrogen) atoms. The molecule has 0 amide bonds. The van der Waals surface area contributed by atoms with Crippen molar-refractivity contribution in [3.05, 3.63) is 34.0 Å². The molecule has 0 saturated carbocycles. The van der Waals surface area contributed by atoms with Crippen LogP contribution in [0.3, 0.4) is 0 Å². The first-order valence-corrected chi connectivity index (χ1v) is 9.76. The van der Waals surface area contributed by atoms with E-state index in [1.165, 1.54) is 0 Å². The second-order valence-corrected chi connectivity index (χ2v) is 7.38. The summed E-state index contributed by atoms with van der Waals surface area (Å²) in [6.45, 7) is 8.56. The molecular weight excluding hydrogens is 356 g/mol. The van der Waals surface area contributed by atoms with Crippen LogP contribution in [-0.4, -0.2) is 30.5 Å². The molecule has 0 bridgehead atoms. The van der Waals surface area contributed by atoms with Gasteiger partial charge in [-0.2, -0.15) is 5.26 Å². The minimum absolute atomic E-state index is 0.0559. The number of aromatic amines is 1. The number of hydrogen-bond acceptors (Lipinski definition) is 5. The Kier molecular flexibility index (Phi) is 5.57. The number of rotatable bonds is 6.